The molecule has 2 aromatic heterocycles. The van der Waals surface area contributed by atoms with Crippen molar-refractivity contribution in [1.29, 1.82) is 5.26 Å². The first-order valence-corrected chi connectivity index (χ1v) is 6.21. The molecular formula is C10H10IN5O2. The van der Waals surface area contributed by atoms with Crippen LogP contribution in [0.5, 0.6) is 0 Å². The van der Waals surface area contributed by atoms with Crippen LogP contribution in [0.25, 0.3) is 11.2 Å². The summed E-state index contributed by atoms with van der Waals surface area (Å²) in [6.07, 6.45) is 0. The molecule has 8 heteroatoms. The lowest BCUT2D eigenvalue weighted by Gasteiger charge is -2.10. The number of hydrogen-bond acceptors (Lipinski definition) is 4. The Morgan fingerprint density at radius 1 is 1.33 bits per heavy atom. The zero-order valence-electron chi connectivity index (χ0n) is 10.0. The van der Waals surface area contributed by atoms with E-state index in [4.69, 9.17) is 5.26 Å². The number of aromatic nitrogens is 4. The Morgan fingerprint density at radius 3 is 2.50 bits per heavy atom. The number of imidazole rings is 1. The number of halogens is 1. The third-order valence-electron chi connectivity index (χ3n) is 2.82. The van der Waals surface area contributed by atoms with Crippen molar-refractivity contribution in [1.82, 2.24) is 18.7 Å². The molecular weight excluding hydrogens is 349 g/mol. The summed E-state index contributed by atoms with van der Waals surface area (Å²) >= 11 is 1.95. The molecule has 0 unspecified atom stereocenters. The molecule has 0 spiro atoms. The lowest BCUT2D eigenvalue weighted by atomic mass is 10.4. The summed E-state index contributed by atoms with van der Waals surface area (Å²) < 4.78 is 4.43. The normalized spacial score (nSPS) is 12.6. The van der Waals surface area contributed by atoms with Gasteiger partial charge in [-0.1, -0.05) is 0 Å². The number of nitriles is 1. The second-order valence-corrected chi connectivity index (χ2v) is 4.90. The molecule has 0 fully saturated rings. The summed E-state index contributed by atoms with van der Waals surface area (Å²) in [5.41, 5.74) is -0.308. The Hall–Kier alpha value is -1.63. The van der Waals surface area contributed by atoms with E-state index in [1.54, 1.807) is 18.5 Å². The molecule has 0 saturated heterocycles. The average molecular weight is 359 g/mol. The SMILES string of the molecule is C[C@@H](C#N)n1c(I)nc2c(=O)n(C)c(=O)n(C)c21. The van der Waals surface area contributed by atoms with E-state index in [0.717, 1.165) is 4.57 Å². The molecule has 0 aromatic carbocycles. The van der Waals surface area contributed by atoms with Crippen LogP contribution in [0.2, 0.25) is 0 Å². The molecule has 2 rings (SSSR count). The first kappa shape index (κ1) is 12.8. The van der Waals surface area contributed by atoms with Crippen molar-refractivity contribution < 1.29 is 0 Å². The van der Waals surface area contributed by atoms with Gasteiger partial charge in [-0.2, -0.15) is 5.26 Å². The predicted molar refractivity (Wildman–Crippen MR) is 73.3 cm³/mol. The number of nitrogens with zero attached hydrogens (tertiary/aromatic N) is 5. The first-order chi connectivity index (χ1) is 8.40. The summed E-state index contributed by atoms with van der Waals surface area (Å²) in [4.78, 5) is 28.0. The fourth-order valence-corrected chi connectivity index (χ4v) is 2.71. The first-order valence-electron chi connectivity index (χ1n) is 5.13. The lowest BCUT2D eigenvalue weighted by molar-refractivity contribution is 0.636. The van der Waals surface area contributed by atoms with Crippen LogP contribution >= 0.6 is 22.6 Å². The van der Waals surface area contributed by atoms with Gasteiger partial charge in [0.05, 0.1) is 6.07 Å². The van der Waals surface area contributed by atoms with Crippen molar-refractivity contribution in [3.63, 3.8) is 0 Å². The Labute approximate surface area is 115 Å². The molecule has 18 heavy (non-hydrogen) atoms. The topological polar surface area (TPSA) is 85.6 Å². The van der Waals surface area contributed by atoms with Gasteiger partial charge in [-0.15, -0.1) is 0 Å². The van der Waals surface area contributed by atoms with E-state index in [1.165, 1.54) is 11.6 Å². The zero-order chi connectivity index (χ0) is 13.6. The minimum Gasteiger partial charge on any atom is -0.289 e. The van der Waals surface area contributed by atoms with Crippen LogP contribution in [0.4, 0.5) is 0 Å². The molecule has 0 aliphatic rings. The molecule has 0 N–H and O–H groups in total. The van der Waals surface area contributed by atoms with Crippen LogP contribution in [0, 0.1) is 15.2 Å². The summed E-state index contributed by atoms with van der Waals surface area (Å²) in [5.74, 6) is 0. The Bertz CT molecular complexity index is 792. The van der Waals surface area contributed by atoms with Gasteiger partial charge in [0.1, 0.15) is 6.04 Å². The predicted octanol–water partition coefficient (Wildman–Crippen LogP) is 0.123. The van der Waals surface area contributed by atoms with Crippen LogP contribution in [-0.2, 0) is 14.1 Å². The summed E-state index contributed by atoms with van der Waals surface area (Å²) in [6.45, 7) is 1.69. The minimum atomic E-state index is -0.500. The molecule has 7 nitrogen and oxygen atoms in total. The Morgan fingerprint density at radius 2 is 1.94 bits per heavy atom. The van der Waals surface area contributed by atoms with E-state index in [9.17, 15) is 9.59 Å². The van der Waals surface area contributed by atoms with Crippen LogP contribution < -0.4 is 11.2 Å². The Balaban J connectivity index is 3.10. The Kier molecular flexibility index (Phi) is 3.02. The standard InChI is InChI=1S/C10H10IN5O2/c1-5(4-12)16-7-6(13-9(16)11)8(17)15(3)10(18)14(7)2/h5H,1-3H3/t5-/m0/s1. The zero-order valence-corrected chi connectivity index (χ0v) is 12.2. The summed E-state index contributed by atoms with van der Waals surface area (Å²) in [7, 11) is 2.96. The molecule has 2 heterocycles. The van der Waals surface area contributed by atoms with Gasteiger partial charge < -0.3 is 0 Å². The molecule has 0 aliphatic heterocycles. The molecule has 0 saturated carbocycles. The third kappa shape index (κ3) is 1.58. The van der Waals surface area contributed by atoms with E-state index < -0.39 is 17.3 Å². The van der Waals surface area contributed by atoms with Crippen molar-refractivity contribution >= 4 is 33.8 Å². The van der Waals surface area contributed by atoms with Gasteiger partial charge in [0.2, 0.25) is 0 Å². The monoisotopic (exact) mass is 359 g/mol. The minimum absolute atomic E-state index is 0.200. The van der Waals surface area contributed by atoms with Gasteiger partial charge in [-0.25, -0.2) is 9.78 Å². The van der Waals surface area contributed by atoms with Gasteiger partial charge in [0, 0.05) is 36.7 Å². The quantitative estimate of drug-likeness (QED) is 0.535. The largest absolute Gasteiger partial charge is 0.332 e. The summed E-state index contributed by atoms with van der Waals surface area (Å²) in [6, 6.07) is 1.57. The molecule has 0 amide bonds. The smallest absolute Gasteiger partial charge is 0.289 e. The molecule has 0 radical (unpaired) electrons. The van der Waals surface area contributed by atoms with Gasteiger partial charge in [0.15, 0.2) is 15.0 Å². The molecule has 0 bridgehead atoms. The number of rotatable bonds is 1. The van der Waals surface area contributed by atoms with Crippen LogP contribution in [0.15, 0.2) is 9.59 Å². The lowest BCUT2D eigenvalue weighted by Crippen LogP contribution is -2.37. The highest BCUT2D eigenvalue weighted by Crippen LogP contribution is 2.18. The fourth-order valence-electron chi connectivity index (χ4n) is 1.82. The van der Waals surface area contributed by atoms with Gasteiger partial charge in [-0.05, 0) is 6.92 Å². The molecule has 0 aliphatic carbocycles. The highest BCUT2D eigenvalue weighted by Gasteiger charge is 2.20. The van der Waals surface area contributed by atoms with E-state index in [2.05, 4.69) is 11.1 Å². The maximum absolute atomic E-state index is 12.0. The van der Waals surface area contributed by atoms with Crippen molar-refractivity contribution in [3.8, 4) is 6.07 Å². The van der Waals surface area contributed by atoms with E-state index in [-0.39, 0.29) is 5.52 Å². The van der Waals surface area contributed by atoms with E-state index in [0.29, 0.717) is 9.48 Å². The van der Waals surface area contributed by atoms with Crippen LogP contribution in [0.3, 0.4) is 0 Å². The van der Waals surface area contributed by atoms with E-state index in [1.807, 2.05) is 22.6 Å². The van der Waals surface area contributed by atoms with Crippen molar-refractivity contribution in [3.05, 3.63) is 24.7 Å². The summed E-state index contributed by atoms with van der Waals surface area (Å²) in [5, 5.41) is 9.00. The molecule has 94 valence electrons. The number of fused-ring (bicyclic) bond motifs is 1. The second-order valence-electron chi connectivity index (χ2n) is 3.93. The van der Waals surface area contributed by atoms with Gasteiger partial charge in [-0.3, -0.25) is 18.5 Å². The van der Waals surface area contributed by atoms with Crippen LogP contribution in [0.1, 0.15) is 13.0 Å². The third-order valence-corrected chi connectivity index (χ3v) is 3.58. The maximum Gasteiger partial charge on any atom is 0.332 e. The molecule has 2 aromatic rings. The van der Waals surface area contributed by atoms with E-state index >= 15 is 0 Å². The average Bonchev–Trinajstić information content (AvgIpc) is 2.70. The van der Waals surface area contributed by atoms with Gasteiger partial charge in [0.25, 0.3) is 5.56 Å². The van der Waals surface area contributed by atoms with Crippen molar-refractivity contribution in [2.45, 2.75) is 13.0 Å². The van der Waals surface area contributed by atoms with Gasteiger partial charge >= 0.3 is 5.69 Å². The molecule has 1 atom stereocenters. The second kappa shape index (κ2) is 4.24. The highest BCUT2D eigenvalue weighted by molar-refractivity contribution is 14.1. The fraction of sp³-hybridized carbons (Fsp3) is 0.400. The number of hydrogen-bond donors (Lipinski definition) is 0. The van der Waals surface area contributed by atoms with Crippen LogP contribution in [-0.4, -0.2) is 18.7 Å². The van der Waals surface area contributed by atoms with Crippen molar-refractivity contribution in [2.24, 2.45) is 14.1 Å². The highest BCUT2D eigenvalue weighted by atomic mass is 127. The van der Waals surface area contributed by atoms with Crippen molar-refractivity contribution in [2.75, 3.05) is 0 Å². The number of aryl methyl sites for hydroxylation is 1. The maximum atomic E-state index is 12.0.